The summed E-state index contributed by atoms with van der Waals surface area (Å²) < 4.78 is 5.40. The SMILES string of the molecule is COc1ccc(C(c2c(NC(C)=O)sc3c2CCCC3)N2CCC(C)CC2)cc1. The van der Waals surface area contributed by atoms with Gasteiger partial charge in [-0.1, -0.05) is 19.1 Å². The number of nitrogens with zero attached hydrogens (tertiary/aromatic N) is 1. The number of aryl methyl sites for hydroxylation is 1. The van der Waals surface area contributed by atoms with Crippen LogP contribution in [0.5, 0.6) is 5.75 Å². The molecular formula is C24H32N2O2S. The van der Waals surface area contributed by atoms with Crippen molar-refractivity contribution in [1.29, 1.82) is 0 Å². The Kier molecular flexibility index (Phi) is 6.26. The van der Waals surface area contributed by atoms with Gasteiger partial charge in [0.1, 0.15) is 10.8 Å². The summed E-state index contributed by atoms with van der Waals surface area (Å²) in [4.78, 5) is 16.1. The van der Waals surface area contributed by atoms with Crippen molar-refractivity contribution in [3.63, 3.8) is 0 Å². The van der Waals surface area contributed by atoms with E-state index >= 15 is 0 Å². The molecule has 1 unspecified atom stereocenters. The van der Waals surface area contributed by atoms with Crippen LogP contribution < -0.4 is 10.1 Å². The number of likely N-dealkylation sites (tertiary alicyclic amines) is 1. The third kappa shape index (κ3) is 4.36. The van der Waals surface area contributed by atoms with Crippen LogP contribution in [0.25, 0.3) is 0 Å². The zero-order valence-electron chi connectivity index (χ0n) is 17.8. The standard InChI is InChI=1S/C24H32N2O2S/c1-16-12-14-26(15-13-16)23(18-8-10-19(28-3)11-9-18)22-20-6-4-5-7-21(20)29-24(22)25-17(2)27/h8-11,16,23H,4-7,12-15H2,1-3H3,(H,25,27). The molecule has 1 aliphatic carbocycles. The molecule has 1 aromatic heterocycles. The predicted octanol–water partition coefficient (Wildman–Crippen LogP) is 5.42. The molecule has 4 nitrogen and oxygen atoms in total. The van der Waals surface area contributed by atoms with Crippen LogP contribution in [-0.2, 0) is 17.6 Å². The Hall–Kier alpha value is -1.85. The fourth-order valence-corrected chi connectivity index (χ4v) is 6.13. The smallest absolute Gasteiger partial charge is 0.221 e. The van der Waals surface area contributed by atoms with Gasteiger partial charge in [0.15, 0.2) is 0 Å². The summed E-state index contributed by atoms with van der Waals surface area (Å²) in [7, 11) is 1.71. The van der Waals surface area contributed by atoms with Crippen molar-refractivity contribution >= 4 is 22.2 Å². The van der Waals surface area contributed by atoms with E-state index in [0.717, 1.165) is 42.6 Å². The number of amides is 1. The summed E-state index contributed by atoms with van der Waals surface area (Å²) in [5.41, 5.74) is 4.13. The van der Waals surface area contributed by atoms with Crippen molar-refractivity contribution in [3.05, 3.63) is 45.8 Å². The van der Waals surface area contributed by atoms with Crippen LogP contribution in [0.1, 0.15) is 67.1 Å². The summed E-state index contributed by atoms with van der Waals surface area (Å²) >= 11 is 1.80. The van der Waals surface area contributed by atoms with Gasteiger partial charge in [-0.05, 0) is 80.8 Å². The molecule has 1 aliphatic heterocycles. The Morgan fingerprint density at radius 1 is 1.17 bits per heavy atom. The van der Waals surface area contributed by atoms with E-state index in [1.807, 2.05) is 0 Å². The second kappa shape index (κ2) is 8.88. The molecule has 1 saturated heterocycles. The van der Waals surface area contributed by atoms with E-state index in [1.54, 1.807) is 25.4 Å². The number of carbonyl (C=O) groups is 1. The fraction of sp³-hybridized carbons (Fsp3) is 0.542. The predicted molar refractivity (Wildman–Crippen MR) is 120 cm³/mol. The van der Waals surface area contributed by atoms with Crippen LogP contribution in [0.3, 0.4) is 0 Å². The van der Waals surface area contributed by atoms with Gasteiger partial charge < -0.3 is 10.1 Å². The molecule has 2 aliphatic rings. The number of carbonyl (C=O) groups excluding carboxylic acids is 1. The minimum atomic E-state index is 0.0191. The first-order valence-corrected chi connectivity index (χ1v) is 11.7. The van der Waals surface area contributed by atoms with E-state index in [4.69, 9.17) is 4.74 Å². The van der Waals surface area contributed by atoms with E-state index in [0.29, 0.717) is 0 Å². The van der Waals surface area contributed by atoms with Gasteiger partial charge in [0.2, 0.25) is 5.91 Å². The van der Waals surface area contributed by atoms with E-state index in [1.165, 1.54) is 47.3 Å². The minimum Gasteiger partial charge on any atom is -0.497 e. The average Bonchev–Trinajstić information content (AvgIpc) is 3.07. The Morgan fingerprint density at radius 2 is 1.86 bits per heavy atom. The molecule has 0 spiro atoms. The fourth-order valence-electron chi connectivity index (χ4n) is 4.77. The summed E-state index contributed by atoms with van der Waals surface area (Å²) in [6.07, 6.45) is 7.21. The van der Waals surface area contributed by atoms with Gasteiger partial charge in [0, 0.05) is 17.4 Å². The van der Waals surface area contributed by atoms with E-state index in [2.05, 4.69) is 41.4 Å². The summed E-state index contributed by atoms with van der Waals surface area (Å²) in [5.74, 6) is 1.69. The van der Waals surface area contributed by atoms with Gasteiger partial charge in [-0.2, -0.15) is 0 Å². The normalized spacial score (nSPS) is 18.9. The van der Waals surface area contributed by atoms with Crippen molar-refractivity contribution in [1.82, 2.24) is 4.90 Å². The number of ether oxygens (including phenoxy) is 1. The highest BCUT2D eigenvalue weighted by molar-refractivity contribution is 7.16. The van der Waals surface area contributed by atoms with Gasteiger partial charge >= 0.3 is 0 Å². The highest BCUT2D eigenvalue weighted by atomic mass is 32.1. The molecule has 0 saturated carbocycles. The molecule has 5 heteroatoms. The molecule has 156 valence electrons. The topological polar surface area (TPSA) is 41.6 Å². The number of methoxy groups -OCH3 is 1. The summed E-state index contributed by atoms with van der Waals surface area (Å²) in [6, 6.07) is 8.71. The van der Waals surface area contributed by atoms with Gasteiger partial charge in [-0.15, -0.1) is 11.3 Å². The third-order valence-electron chi connectivity index (χ3n) is 6.39. The van der Waals surface area contributed by atoms with Crippen LogP contribution in [0, 0.1) is 5.92 Å². The molecule has 0 radical (unpaired) electrons. The summed E-state index contributed by atoms with van der Waals surface area (Å²) in [5, 5.41) is 4.24. The van der Waals surface area contributed by atoms with E-state index in [9.17, 15) is 4.79 Å². The molecule has 2 heterocycles. The van der Waals surface area contributed by atoms with Crippen molar-refractivity contribution in [2.24, 2.45) is 5.92 Å². The van der Waals surface area contributed by atoms with Crippen LogP contribution in [0.2, 0.25) is 0 Å². The first-order valence-electron chi connectivity index (χ1n) is 10.9. The number of hydrogen-bond donors (Lipinski definition) is 1. The Bertz CT molecular complexity index is 851. The molecule has 1 atom stereocenters. The zero-order chi connectivity index (χ0) is 20.4. The minimum absolute atomic E-state index is 0.0191. The van der Waals surface area contributed by atoms with Gasteiger partial charge in [0.25, 0.3) is 0 Å². The van der Waals surface area contributed by atoms with Crippen molar-refractivity contribution in [2.75, 3.05) is 25.5 Å². The van der Waals surface area contributed by atoms with Crippen LogP contribution in [0.4, 0.5) is 5.00 Å². The molecule has 1 amide bonds. The van der Waals surface area contributed by atoms with Crippen LogP contribution in [-0.4, -0.2) is 31.0 Å². The molecule has 1 aromatic carbocycles. The lowest BCUT2D eigenvalue weighted by atomic mass is 9.87. The Balaban J connectivity index is 1.81. The number of nitrogens with one attached hydrogen (secondary N) is 1. The zero-order valence-corrected chi connectivity index (χ0v) is 18.6. The number of hydrogen-bond acceptors (Lipinski definition) is 4. The van der Waals surface area contributed by atoms with Crippen molar-refractivity contribution in [3.8, 4) is 5.75 Å². The maximum atomic E-state index is 12.0. The molecule has 0 bridgehead atoms. The maximum Gasteiger partial charge on any atom is 0.221 e. The van der Waals surface area contributed by atoms with Gasteiger partial charge in [-0.25, -0.2) is 0 Å². The van der Waals surface area contributed by atoms with Crippen molar-refractivity contribution < 1.29 is 9.53 Å². The number of thiophene rings is 1. The molecule has 1 fully saturated rings. The Labute approximate surface area is 178 Å². The average molecular weight is 413 g/mol. The maximum absolute atomic E-state index is 12.0. The second-order valence-corrected chi connectivity index (χ2v) is 9.63. The number of benzene rings is 1. The molecule has 1 N–H and O–H groups in total. The van der Waals surface area contributed by atoms with E-state index < -0.39 is 0 Å². The molecule has 29 heavy (non-hydrogen) atoms. The highest BCUT2D eigenvalue weighted by Crippen LogP contribution is 2.46. The third-order valence-corrected chi connectivity index (χ3v) is 7.61. The largest absolute Gasteiger partial charge is 0.497 e. The van der Waals surface area contributed by atoms with E-state index in [-0.39, 0.29) is 11.9 Å². The number of fused-ring (bicyclic) bond motifs is 1. The van der Waals surface area contributed by atoms with Gasteiger partial charge in [-0.3, -0.25) is 9.69 Å². The van der Waals surface area contributed by atoms with Gasteiger partial charge in [0.05, 0.1) is 13.2 Å². The number of piperidine rings is 1. The highest BCUT2D eigenvalue weighted by Gasteiger charge is 2.33. The van der Waals surface area contributed by atoms with Crippen molar-refractivity contribution in [2.45, 2.75) is 58.4 Å². The Morgan fingerprint density at radius 3 is 2.52 bits per heavy atom. The monoisotopic (exact) mass is 412 g/mol. The quantitative estimate of drug-likeness (QED) is 0.713. The lowest BCUT2D eigenvalue weighted by molar-refractivity contribution is -0.114. The first kappa shape index (κ1) is 20.4. The molecule has 2 aromatic rings. The number of anilines is 1. The van der Waals surface area contributed by atoms with Crippen LogP contribution >= 0.6 is 11.3 Å². The molecule has 4 rings (SSSR count). The number of rotatable bonds is 5. The lowest BCUT2D eigenvalue weighted by Crippen LogP contribution is -2.37. The lowest BCUT2D eigenvalue weighted by Gasteiger charge is -2.38. The second-order valence-electron chi connectivity index (χ2n) is 8.53. The van der Waals surface area contributed by atoms with Crippen LogP contribution in [0.15, 0.2) is 24.3 Å². The summed E-state index contributed by atoms with van der Waals surface area (Å²) in [6.45, 7) is 6.17. The first-order chi connectivity index (χ1) is 14.1. The molecular weight excluding hydrogens is 380 g/mol.